The van der Waals surface area contributed by atoms with Crippen molar-refractivity contribution < 1.29 is 4.79 Å². The van der Waals surface area contributed by atoms with Crippen LogP contribution in [0.3, 0.4) is 0 Å². The number of hydrogen-bond donors (Lipinski definition) is 1. The average Bonchev–Trinajstić information content (AvgIpc) is 3.27. The first-order chi connectivity index (χ1) is 19.7. The van der Waals surface area contributed by atoms with Crippen LogP contribution in [-0.4, -0.2) is 39.0 Å². The molecule has 1 aromatic carbocycles. The first-order valence-electron chi connectivity index (χ1n) is 14.0. The average molecular weight is 643 g/mol. The zero-order chi connectivity index (χ0) is 29.8. The van der Waals surface area contributed by atoms with Crippen molar-refractivity contribution in [1.82, 2.24) is 20.0 Å². The molecule has 0 aliphatic heterocycles. The van der Waals surface area contributed by atoms with E-state index in [1.165, 1.54) is 32.6 Å². The van der Waals surface area contributed by atoms with Gasteiger partial charge >= 0.3 is 0 Å². The largest absolute Gasteiger partial charge is 0.370 e. The van der Waals surface area contributed by atoms with Crippen molar-refractivity contribution in [1.29, 1.82) is 5.26 Å². The van der Waals surface area contributed by atoms with E-state index in [-0.39, 0.29) is 17.0 Å². The summed E-state index contributed by atoms with van der Waals surface area (Å²) in [7, 11) is 0. The molecule has 0 unspecified atom stereocenters. The molecule has 0 bridgehead atoms. The van der Waals surface area contributed by atoms with E-state index in [9.17, 15) is 10.1 Å². The summed E-state index contributed by atoms with van der Waals surface area (Å²) < 4.78 is 2.25. The second-order valence-corrected chi connectivity index (χ2v) is 11.2. The molecule has 3 aromatic rings. The van der Waals surface area contributed by atoms with Crippen LogP contribution in [0.4, 0.5) is 22.9 Å². The highest BCUT2D eigenvalue weighted by atomic mass is 79.9. The summed E-state index contributed by atoms with van der Waals surface area (Å²) in [5, 5.41) is 34.2. The third-order valence-electron chi connectivity index (χ3n) is 6.39. The number of nitrogens with one attached hydrogen (secondary N) is 1. The lowest BCUT2D eigenvalue weighted by Gasteiger charge is -2.25. The number of carbonyl (C=O) groups is 1. The molecule has 2 aromatic heterocycles. The van der Waals surface area contributed by atoms with Crippen LogP contribution in [0.1, 0.15) is 84.3 Å². The Balaban J connectivity index is 1.93. The Morgan fingerprint density at radius 3 is 2.54 bits per heavy atom. The smallest absolute Gasteiger partial charge is 0.221 e. The molecule has 0 aliphatic carbocycles. The molecule has 12 heteroatoms. The van der Waals surface area contributed by atoms with Gasteiger partial charge in [-0.25, -0.2) is 0 Å². The molecule has 1 N–H and O–H groups in total. The lowest BCUT2D eigenvalue weighted by molar-refractivity contribution is -0.114. The predicted octanol–water partition coefficient (Wildman–Crippen LogP) is 8.66. The lowest BCUT2D eigenvalue weighted by atomic mass is 10.1. The van der Waals surface area contributed by atoms with E-state index >= 15 is 0 Å². The molecule has 0 radical (unpaired) electrons. The summed E-state index contributed by atoms with van der Waals surface area (Å²) in [5.41, 5.74) is 2.72. The van der Waals surface area contributed by atoms with Crippen molar-refractivity contribution >= 4 is 56.3 Å². The van der Waals surface area contributed by atoms with Gasteiger partial charge in [0.25, 0.3) is 0 Å². The summed E-state index contributed by atoms with van der Waals surface area (Å²) >= 11 is 9.57. The summed E-state index contributed by atoms with van der Waals surface area (Å²) in [4.78, 5) is 14.3. The Bertz CT molecular complexity index is 1370. The van der Waals surface area contributed by atoms with E-state index in [1.807, 2.05) is 32.0 Å². The van der Waals surface area contributed by atoms with E-state index in [0.717, 1.165) is 30.8 Å². The number of benzene rings is 1. The fourth-order valence-electron chi connectivity index (χ4n) is 4.28. The topological polar surface area (TPSA) is 124 Å². The number of nitriles is 1. The molecule has 0 atom stereocenters. The maximum atomic E-state index is 12.1. The summed E-state index contributed by atoms with van der Waals surface area (Å²) in [5.74, 6) is 0.765. The molecule has 0 spiro atoms. The summed E-state index contributed by atoms with van der Waals surface area (Å²) in [6, 6.07) is 11.2. The van der Waals surface area contributed by atoms with Gasteiger partial charge in [-0.3, -0.25) is 4.79 Å². The normalized spacial score (nSPS) is 11.3. The number of azo groups is 1. The van der Waals surface area contributed by atoms with Gasteiger partial charge in [-0.05, 0) is 58.6 Å². The maximum Gasteiger partial charge on any atom is 0.221 e. The summed E-state index contributed by atoms with van der Waals surface area (Å²) in [6.45, 7) is 9.17. The monoisotopic (exact) mass is 641 g/mol. The lowest BCUT2D eigenvalue weighted by Crippen LogP contribution is -2.25. The highest BCUT2D eigenvalue weighted by Crippen LogP contribution is 2.37. The van der Waals surface area contributed by atoms with Crippen LogP contribution in [0.25, 0.3) is 5.82 Å². The Morgan fingerprint density at radius 2 is 1.88 bits per heavy atom. The van der Waals surface area contributed by atoms with Gasteiger partial charge in [0.2, 0.25) is 5.91 Å². The molecule has 2 heterocycles. The number of halogens is 2. The van der Waals surface area contributed by atoms with E-state index < -0.39 is 0 Å². The number of hydrogen-bond acceptors (Lipinski definition) is 8. The van der Waals surface area contributed by atoms with Crippen LogP contribution >= 0.6 is 27.5 Å². The highest BCUT2D eigenvalue weighted by molar-refractivity contribution is 9.10. The third kappa shape index (κ3) is 9.33. The molecule has 1 amide bonds. The van der Waals surface area contributed by atoms with Crippen molar-refractivity contribution in [3.8, 4) is 11.9 Å². The quantitative estimate of drug-likeness (QED) is 0.131. The fraction of sp³-hybridized carbons (Fsp3) is 0.483. The molecular formula is C29H37BrClN9O. The number of nitrogens with zero attached hydrogens (tertiary/aromatic N) is 8. The van der Waals surface area contributed by atoms with Crippen molar-refractivity contribution in [3.63, 3.8) is 0 Å². The second kappa shape index (κ2) is 16.2. The molecule has 218 valence electrons. The Labute approximate surface area is 255 Å². The van der Waals surface area contributed by atoms with E-state index in [4.69, 9.17) is 11.6 Å². The van der Waals surface area contributed by atoms with Gasteiger partial charge in [0.1, 0.15) is 5.69 Å². The summed E-state index contributed by atoms with van der Waals surface area (Å²) in [6.07, 6.45) is 7.54. The molecular weight excluding hydrogens is 606 g/mol. The predicted molar refractivity (Wildman–Crippen MR) is 167 cm³/mol. The Hall–Kier alpha value is -3.36. The van der Waals surface area contributed by atoms with Gasteiger partial charge in [0.05, 0.1) is 28.3 Å². The molecule has 41 heavy (non-hydrogen) atoms. The molecule has 0 saturated carbocycles. The number of aromatic nitrogens is 4. The molecule has 0 aliphatic rings. The van der Waals surface area contributed by atoms with Crippen LogP contribution in [0.5, 0.6) is 0 Å². The molecule has 3 rings (SSSR count). The minimum Gasteiger partial charge on any atom is -0.370 e. The van der Waals surface area contributed by atoms with Gasteiger partial charge in [0.15, 0.2) is 16.8 Å². The SMILES string of the molecule is CCCCCCCCN(CCC#N)c1ccc(N=Nc2c(Br)c(C(C)C)nn2-c2ccc(Cl)nn2)c(NC(C)=O)c1. The van der Waals surface area contributed by atoms with Crippen LogP contribution in [-0.2, 0) is 4.79 Å². The highest BCUT2D eigenvalue weighted by Gasteiger charge is 2.21. The van der Waals surface area contributed by atoms with E-state index in [1.54, 1.807) is 16.8 Å². The van der Waals surface area contributed by atoms with Gasteiger partial charge in [0, 0.05) is 25.7 Å². The van der Waals surface area contributed by atoms with Crippen molar-refractivity contribution in [3.05, 3.63) is 45.7 Å². The van der Waals surface area contributed by atoms with Crippen molar-refractivity contribution in [2.24, 2.45) is 10.2 Å². The molecule has 10 nitrogen and oxygen atoms in total. The van der Waals surface area contributed by atoms with Crippen LogP contribution in [0.2, 0.25) is 5.15 Å². The standard InChI is InChI=1S/C29H37BrClN9O/c1-5-6-7-8-9-10-17-39(18-11-16-32)22-12-13-23(24(19-22)33-21(4)41)34-37-29-27(30)28(20(2)3)38-40(29)26-15-14-25(31)35-36-26/h12-15,19-20H,5-11,17-18H2,1-4H3,(H,33,41). The van der Waals surface area contributed by atoms with Crippen LogP contribution in [0, 0.1) is 11.3 Å². The fourth-order valence-corrected chi connectivity index (χ4v) is 5.17. The van der Waals surface area contributed by atoms with Crippen LogP contribution in [0.15, 0.2) is 45.0 Å². The minimum atomic E-state index is -0.220. The zero-order valence-electron chi connectivity index (χ0n) is 24.1. The van der Waals surface area contributed by atoms with Crippen LogP contribution < -0.4 is 10.2 Å². The van der Waals surface area contributed by atoms with E-state index in [0.29, 0.717) is 40.4 Å². The molecule has 0 fully saturated rings. The zero-order valence-corrected chi connectivity index (χ0v) is 26.4. The van der Waals surface area contributed by atoms with Gasteiger partial charge in [-0.2, -0.15) is 15.0 Å². The van der Waals surface area contributed by atoms with Crippen molar-refractivity contribution in [2.75, 3.05) is 23.3 Å². The minimum absolute atomic E-state index is 0.111. The molecule has 0 saturated heterocycles. The Kier molecular flexibility index (Phi) is 12.7. The first-order valence-corrected chi connectivity index (χ1v) is 15.2. The van der Waals surface area contributed by atoms with Gasteiger partial charge < -0.3 is 10.2 Å². The number of amides is 1. The van der Waals surface area contributed by atoms with Crippen molar-refractivity contribution in [2.45, 2.75) is 78.6 Å². The third-order valence-corrected chi connectivity index (χ3v) is 7.36. The number of anilines is 2. The van der Waals surface area contributed by atoms with E-state index in [2.05, 4.69) is 64.7 Å². The van der Waals surface area contributed by atoms with Gasteiger partial charge in [-0.15, -0.1) is 20.4 Å². The number of unbranched alkanes of at least 4 members (excludes halogenated alkanes) is 5. The Morgan fingerprint density at radius 1 is 1.12 bits per heavy atom. The second-order valence-electron chi connectivity index (χ2n) is 10.0. The number of rotatable bonds is 15. The van der Waals surface area contributed by atoms with Gasteiger partial charge in [-0.1, -0.05) is 64.5 Å². The maximum absolute atomic E-state index is 12.1. The first kappa shape index (κ1) is 32.2. The number of carbonyl (C=O) groups excluding carboxylic acids is 1.